The van der Waals surface area contributed by atoms with Crippen molar-refractivity contribution in [2.45, 2.75) is 57.5 Å². The summed E-state index contributed by atoms with van der Waals surface area (Å²) in [7, 11) is -3.63. The molecule has 4 rings (SSSR count). The summed E-state index contributed by atoms with van der Waals surface area (Å²) in [6, 6.07) is -4.96. The third kappa shape index (κ3) is 8.09. The smallest absolute Gasteiger partial charge is 0.350 e. The van der Waals surface area contributed by atoms with Crippen LogP contribution in [0.1, 0.15) is 38.6 Å². The van der Waals surface area contributed by atoms with Gasteiger partial charge in [-0.05, 0) is 20.8 Å². The fourth-order valence-electron chi connectivity index (χ4n) is 4.59. The second-order valence-electron chi connectivity index (χ2n) is 11.7. The number of nitrogens with zero attached hydrogens (tertiary/aromatic N) is 6. The molecule has 2 aliphatic rings. The van der Waals surface area contributed by atoms with E-state index in [2.05, 4.69) is 20.8 Å². The largest absolute Gasteiger partial charge is 0.503 e. The van der Waals surface area contributed by atoms with Gasteiger partial charge >= 0.3 is 28.2 Å². The van der Waals surface area contributed by atoms with E-state index in [4.69, 9.17) is 10.6 Å². The molecule has 25 heteroatoms. The Bertz CT molecular complexity index is 1990. The lowest BCUT2D eigenvalue weighted by Gasteiger charge is -2.43. The number of rotatable bonds is 11. The maximum absolute atomic E-state index is 13.1. The summed E-state index contributed by atoms with van der Waals surface area (Å²) >= 11 is 0.928. The lowest BCUT2D eigenvalue weighted by Crippen LogP contribution is -2.73. The van der Waals surface area contributed by atoms with Gasteiger partial charge in [0.1, 0.15) is 11.7 Å². The van der Waals surface area contributed by atoms with Crippen LogP contribution < -0.4 is 26.5 Å². The Labute approximate surface area is 291 Å². The number of hydrogen-bond donors (Lipinski definition) is 7. The molecule has 0 aliphatic carbocycles. The second-order valence-corrected chi connectivity index (χ2v) is 14.2. The fourth-order valence-corrected chi connectivity index (χ4v) is 6.29. The Hall–Kier alpha value is -5.98. The van der Waals surface area contributed by atoms with Crippen LogP contribution in [0.3, 0.4) is 0 Å². The Balaban J connectivity index is 1.36. The zero-order valence-corrected chi connectivity index (χ0v) is 28.7. The highest BCUT2D eigenvalue weighted by Gasteiger charge is 2.51. The first-order chi connectivity index (χ1) is 23.6. The summed E-state index contributed by atoms with van der Waals surface area (Å²) in [6.07, 6.45) is 0.239. The number of β-lactam (4-membered cyclic amide) rings is 1. The van der Waals surface area contributed by atoms with Crippen molar-refractivity contribution < 1.29 is 57.4 Å². The first-order valence-electron chi connectivity index (χ1n) is 14.5. The van der Waals surface area contributed by atoms with Gasteiger partial charge in [-0.25, -0.2) is 28.4 Å². The predicted octanol–water partition coefficient (Wildman–Crippen LogP) is -2.47. The number of amides is 7. The SMILES string of the molecule is C[C@H]1[C@H](NC(=O)/C(=N\OC(C)(C)C(=O)O)c2csc(N)n2)C(=O)N1C(=O)NS(=O)(=O)N1C[C@@H](NC(=O)N(C)Cc2cc(=O)c(O)cn2O)CC1=O. The summed E-state index contributed by atoms with van der Waals surface area (Å²) in [6.45, 7) is 2.70. The predicted molar refractivity (Wildman–Crippen MR) is 171 cm³/mol. The molecule has 0 radical (unpaired) electrons. The monoisotopic (exact) mass is 756 g/mol. The van der Waals surface area contributed by atoms with E-state index in [0.717, 1.165) is 42.3 Å². The number of urea groups is 2. The maximum Gasteiger partial charge on any atom is 0.350 e. The molecule has 2 saturated heterocycles. The number of carboxylic acid groups (broad SMARTS) is 1. The van der Waals surface area contributed by atoms with Gasteiger partial charge in [-0.1, -0.05) is 5.16 Å². The van der Waals surface area contributed by atoms with E-state index in [1.165, 1.54) is 19.4 Å². The number of carbonyl (C=O) groups excluding carboxylic acids is 5. The van der Waals surface area contributed by atoms with Gasteiger partial charge in [-0.2, -0.15) is 13.1 Å². The molecule has 4 heterocycles. The Kier molecular flexibility index (Phi) is 10.5. The van der Waals surface area contributed by atoms with E-state index >= 15 is 0 Å². The summed E-state index contributed by atoms with van der Waals surface area (Å²) in [5, 5.41) is 38.2. The minimum Gasteiger partial charge on any atom is -0.503 e. The van der Waals surface area contributed by atoms with Crippen LogP contribution in [-0.4, -0.2) is 126 Å². The number of anilines is 1. The lowest BCUT2D eigenvalue weighted by molar-refractivity contribution is -0.161. The molecule has 2 aromatic heterocycles. The third-order valence-electron chi connectivity index (χ3n) is 7.51. The Morgan fingerprint density at radius 3 is 2.47 bits per heavy atom. The van der Waals surface area contributed by atoms with Crippen LogP contribution in [0.4, 0.5) is 14.7 Å². The van der Waals surface area contributed by atoms with Crippen molar-refractivity contribution in [3.05, 3.63) is 39.3 Å². The van der Waals surface area contributed by atoms with Gasteiger partial charge in [0, 0.05) is 24.9 Å². The topological polar surface area (TPSA) is 326 Å². The number of oxime groups is 1. The number of nitrogens with two attached hydrogens (primary N) is 1. The molecule has 276 valence electrons. The summed E-state index contributed by atoms with van der Waals surface area (Å²) in [5.74, 6) is -5.24. The molecule has 0 bridgehead atoms. The number of hydrogen-bond acceptors (Lipinski definition) is 16. The first-order valence-corrected chi connectivity index (χ1v) is 16.8. The highest BCUT2D eigenvalue weighted by Crippen LogP contribution is 2.23. The maximum atomic E-state index is 13.1. The van der Waals surface area contributed by atoms with Crippen molar-refractivity contribution in [1.29, 1.82) is 0 Å². The number of aromatic nitrogens is 2. The molecule has 0 saturated carbocycles. The molecule has 2 aromatic rings. The first kappa shape index (κ1) is 37.8. The number of nitrogen functional groups attached to an aromatic ring is 1. The van der Waals surface area contributed by atoms with E-state index in [0.29, 0.717) is 9.63 Å². The van der Waals surface area contributed by atoms with E-state index in [-0.39, 0.29) is 27.4 Å². The number of aliphatic carboxylic acids is 1. The van der Waals surface area contributed by atoms with Crippen LogP contribution in [0.25, 0.3) is 0 Å². The number of imide groups is 1. The molecular formula is C26H32N10O13S2. The molecule has 8 N–H and O–H groups in total. The van der Waals surface area contributed by atoms with Crippen LogP contribution >= 0.6 is 11.3 Å². The summed E-state index contributed by atoms with van der Waals surface area (Å²) in [4.78, 5) is 97.7. The van der Waals surface area contributed by atoms with Crippen molar-refractivity contribution in [1.82, 2.24) is 39.2 Å². The van der Waals surface area contributed by atoms with Crippen molar-refractivity contribution >= 4 is 68.1 Å². The van der Waals surface area contributed by atoms with Crippen molar-refractivity contribution in [3.63, 3.8) is 0 Å². The molecular weight excluding hydrogens is 724 g/mol. The quantitative estimate of drug-likeness (QED) is 0.0541. The molecule has 51 heavy (non-hydrogen) atoms. The van der Waals surface area contributed by atoms with Gasteiger partial charge < -0.3 is 41.5 Å². The number of thiazole rings is 1. The molecule has 2 aliphatic heterocycles. The van der Waals surface area contributed by atoms with E-state index in [1.807, 2.05) is 0 Å². The summed E-state index contributed by atoms with van der Waals surface area (Å²) in [5.41, 5.74) is 2.22. The van der Waals surface area contributed by atoms with Crippen LogP contribution in [0.15, 0.2) is 27.6 Å². The number of carbonyl (C=O) groups is 6. The van der Waals surface area contributed by atoms with Gasteiger partial charge in [0.25, 0.3) is 11.8 Å². The van der Waals surface area contributed by atoms with Crippen molar-refractivity contribution in [2.24, 2.45) is 5.16 Å². The Morgan fingerprint density at radius 1 is 1.22 bits per heavy atom. The highest BCUT2D eigenvalue weighted by atomic mass is 32.2. The number of carboxylic acids is 1. The van der Waals surface area contributed by atoms with Gasteiger partial charge in [-0.15, -0.1) is 11.3 Å². The Morgan fingerprint density at radius 2 is 1.88 bits per heavy atom. The average Bonchev–Trinajstić information content (AvgIpc) is 3.63. The zero-order valence-electron chi connectivity index (χ0n) is 27.1. The lowest BCUT2D eigenvalue weighted by atomic mass is 9.97. The van der Waals surface area contributed by atoms with Crippen LogP contribution in [0.2, 0.25) is 0 Å². The van der Waals surface area contributed by atoms with Crippen LogP contribution in [-0.2, 0) is 40.8 Å². The number of pyridine rings is 1. The van der Waals surface area contributed by atoms with Gasteiger partial charge in [0.2, 0.25) is 16.9 Å². The second kappa shape index (κ2) is 14.1. The average molecular weight is 757 g/mol. The van der Waals surface area contributed by atoms with Crippen LogP contribution in [0, 0.1) is 0 Å². The normalized spacial score (nSPS) is 19.3. The van der Waals surface area contributed by atoms with Gasteiger partial charge in [0.15, 0.2) is 16.6 Å². The van der Waals surface area contributed by atoms with Crippen LogP contribution in [0.5, 0.6) is 5.75 Å². The van der Waals surface area contributed by atoms with E-state index < -0.39 is 99.5 Å². The van der Waals surface area contributed by atoms with Crippen molar-refractivity contribution in [3.8, 4) is 5.75 Å². The minimum absolute atomic E-state index is 0.0310. The summed E-state index contributed by atoms with van der Waals surface area (Å²) < 4.78 is 28.3. The number of nitrogens with one attached hydrogen (secondary N) is 3. The molecule has 0 aromatic carbocycles. The molecule has 23 nitrogen and oxygen atoms in total. The molecule has 0 spiro atoms. The molecule has 3 atom stereocenters. The standard InChI is InChI=1S/C26H32N10O13S2/c1-11-18(30-20(40)19(14-10-50-23(27)29-14)31-49-26(2,3)22(42)43)21(41)36(11)25(45)32-51(47,48)35-7-12(5-17(35)39)28-24(44)33(4)8-13-6-15(37)16(38)9-34(13)46/h6,9-12,18,38,46H,5,7-8H2,1-4H3,(H2,27,29)(H,28,44)(H,30,40)(H,32,45)(H,42,43)/b31-19-/t11-,12-,18-/m0/s1. The van der Waals surface area contributed by atoms with E-state index in [1.54, 1.807) is 4.72 Å². The van der Waals surface area contributed by atoms with Gasteiger partial charge in [0.05, 0.1) is 37.1 Å². The number of aromatic hydroxyl groups is 1. The zero-order chi connectivity index (χ0) is 38.2. The van der Waals surface area contributed by atoms with Gasteiger partial charge in [-0.3, -0.25) is 24.1 Å². The number of likely N-dealkylation sites (tertiary alicyclic amines) is 1. The minimum atomic E-state index is -4.90. The van der Waals surface area contributed by atoms with Crippen molar-refractivity contribution in [2.75, 3.05) is 19.3 Å². The molecule has 0 unspecified atom stereocenters. The molecule has 7 amide bonds. The molecule has 2 fully saturated rings. The third-order valence-corrected chi connectivity index (χ3v) is 9.55. The van der Waals surface area contributed by atoms with E-state index in [9.17, 15) is 57.4 Å². The highest BCUT2D eigenvalue weighted by molar-refractivity contribution is 7.88. The fraction of sp³-hybridized carbons (Fsp3) is 0.423.